The van der Waals surface area contributed by atoms with Crippen LogP contribution < -0.4 is 4.74 Å². The Hall–Kier alpha value is -2.93. The van der Waals surface area contributed by atoms with E-state index >= 15 is 0 Å². The molecule has 2 aromatic heterocycles. The molecule has 4 aromatic rings. The molecule has 0 unspecified atom stereocenters. The second-order valence-electron chi connectivity index (χ2n) is 6.92. The standard InChI is InChI=1S/C21H17ClN4O3S2/c1-13-24-18(21(22)30-13)11-26-19-8-14(10-23)6-7-17(19)25-20(26)12-29-15-4-3-5-16(9-15)31(2,27)28/h3-9H,11-12H2,1-2H3. The van der Waals surface area contributed by atoms with Gasteiger partial charge in [0.05, 0.1) is 44.8 Å². The first-order chi connectivity index (χ1) is 14.7. The molecule has 0 fully saturated rings. The average molecular weight is 473 g/mol. The summed E-state index contributed by atoms with van der Waals surface area (Å²) >= 11 is 7.74. The Labute approximate surface area is 188 Å². The van der Waals surface area contributed by atoms with Crippen molar-refractivity contribution in [1.29, 1.82) is 5.26 Å². The molecule has 0 aliphatic heterocycles. The molecule has 0 bridgehead atoms. The fraction of sp³-hybridized carbons (Fsp3) is 0.190. The Bertz CT molecular complexity index is 1430. The molecule has 0 atom stereocenters. The highest BCUT2D eigenvalue weighted by atomic mass is 35.5. The number of imidazole rings is 1. The third-order valence-electron chi connectivity index (χ3n) is 4.62. The zero-order valence-electron chi connectivity index (χ0n) is 16.7. The highest BCUT2D eigenvalue weighted by molar-refractivity contribution is 7.90. The van der Waals surface area contributed by atoms with Gasteiger partial charge in [0.1, 0.15) is 22.5 Å². The first-order valence-corrected chi connectivity index (χ1v) is 12.3. The number of nitrogens with zero attached hydrogens (tertiary/aromatic N) is 4. The topological polar surface area (TPSA) is 97.9 Å². The van der Waals surface area contributed by atoms with Crippen LogP contribution in [0.1, 0.15) is 22.1 Å². The number of halogens is 1. The van der Waals surface area contributed by atoms with Crippen molar-refractivity contribution >= 4 is 43.8 Å². The van der Waals surface area contributed by atoms with Gasteiger partial charge in [-0.25, -0.2) is 18.4 Å². The summed E-state index contributed by atoms with van der Waals surface area (Å²) in [7, 11) is -3.34. The molecule has 0 N–H and O–H groups in total. The van der Waals surface area contributed by atoms with E-state index in [1.165, 1.54) is 23.5 Å². The molecule has 0 amide bonds. The van der Waals surface area contributed by atoms with Gasteiger partial charge in [0, 0.05) is 6.26 Å². The summed E-state index contributed by atoms with van der Waals surface area (Å²) in [5.74, 6) is 1.03. The summed E-state index contributed by atoms with van der Waals surface area (Å²) in [6, 6.07) is 13.7. The van der Waals surface area contributed by atoms with Crippen LogP contribution in [-0.2, 0) is 23.0 Å². The minimum atomic E-state index is -3.34. The van der Waals surface area contributed by atoms with Crippen molar-refractivity contribution in [2.24, 2.45) is 0 Å². The van der Waals surface area contributed by atoms with E-state index in [9.17, 15) is 13.7 Å². The van der Waals surface area contributed by atoms with Gasteiger partial charge in [-0.2, -0.15) is 5.26 Å². The highest BCUT2D eigenvalue weighted by Gasteiger charge is 2.16. The summed E-state index contributed by atoms with van der Waals surface area (Å²) < 4.78 is 32.0. The minimum Gasteiger partial charge on any atom is -0.486 e. The number of rotatable bonds is 6. The fourth-order valence-corrected chi connectivity index (χ4v) is 4.90. The monoisotopic (exact) mass is 472 g/mol. The van der Waals surface area contributed by atoms with Gasteiger partial charge in [0.25, 0.3) is 0 Å². The van der Waals surface area contributed by atoms with E-state index in [1.807, 2.05) is 11.5 Å². The van der Waals surface area contributed by atoms with Crippen LogP contribution >= 0.6 is 22.9 Å². The van der Waals surface area contributed by atoms with E-state index in [2.05, 4.69) is 16.0 Å². The van der Waals surface area contributed by atoms with Crippen LogP contribution in [0.5, 0.6) is 5.75 Å². The van der Waals surface area contributed by atoms with Gasteiger partial charge in [-0.05, 0) is 43.3 Å². The molecule has 0 aliphatic carbocycles. The molecule has 0 spiro atoms. The average Bonchev–Trinajstić information content (AvgIpc) is 3.24. The van der Waals surface area contributed by atoms with Crippen molar-refractivity contribution in [2.75, 3.05) is 6.26 Å². The maximum Gasteiger partial charge on any atom is 0.175 e. The molecule has 158 valence electrons. The molecule has 0 aliphatic rings. The second-order valence-corrected chi connectivity index (χ2v) is 10.7. The van der Waals surface area contributed by atoms with Crippen LogP contribution in [0, 0.1) is 18.3 Å². The van der Waals surface area contributed by atoms with E-state index in [4.69, 9.17) is 16.3 Å². The molecule has 4 rings (SSSR count). The molecule has 10 heteroatoms. The van der Waals surface area contributed by atoms with Gasteiger partial charge in [0.2, 0.25) is 0 Å². The predicted molar refractivity (Wildman–Crippen MR) is 119 cm³/mol. The van der Waals surface area contributed by atoms with E-state index in [1.54, 1.807) is 30.3 Å². The Morgan fingerprint density at radius 1 is 1.23 bits per heavy atom. The zero-order chi connectivity index (χ0) is 22.2. The lowest BCUT2D eigenvalue weighted by atomic mass is 10.2. The van der Waals surface area contributed by atoms with Crippen molar-refractivity contribution < 1.29 is 13.2 Å². The Morgan fingerprint density at radius 3 is 2.71 bits per heavy atom. The van der Waals surface area contributed by atoms with Gasteiger partial charge in [-0.15, -0.1) is 11.3 Å². The van der Waals surface area contributed by atoms with Crippen LogP contribution in [0.3, 0.4) is 0 Å². The van der Waals surface area contributed by atoms with E-state index in [0.717, 1.165) is 16.8 Å². The highest BCUT2D eigenvalue weighted by Crippen LogP contribution is 2.27. The lowest BCUT2D eigenvalue weighted by Crippen LogP contribution is -2.09. The SMILES string of the molecule is Cc1nc(Cn2c(COc3cccc(S(C)(=O)=O)c3)nc3ccc(C#N)cc32)c(Cl)s1. The van der Waals surface area contributed by atoms with Gasteiger partial charge in [-0.3, -0.25) is 0 Å². The van der Waals surface area contributed by atoms with E-state index < -0.39 is 9.84 Å². The lowest BCUT2D eigenvalue weighted by molar-refractivity contribution is 0.290. The fourth-order valence-electron chi connectivity index (χ4n) is 3.16. The van der Waals surface area contributed by atoms with E-state index in [0.29, 0.717) is 39.2 Å². The summed E-state index contributed by atoms with van der Waals surface area (Å²) in [5.41, 5.74) is 2.71. The number of sulfone groups is 1. The molecular weight excluding hydrogens is 456 g/mol. The summed E-state index contributed by atoms with van der Waals surface area (Å²) in [5, 5.41) is 10.1. The van der Waals surface area contributed by atoms with Crippen molar-refractivity contribution in [2.45, 2.75) is 25.0 Å². The maximum absolute atomic E-state index is 11.8. The van der Waals surface area contributed by atoms with Gasteiger partial charge in [-0.1, -0.05) is 17.7 Å². The van der Waals surface area contributed by atoms with Crippen molar-refractivity contribution in [3.63, 3.8) is 0 Å². The van der Waals surface area contributed by atoms with Crippen molar-refractivity contribution in [1.82, 2.24) is 14.5 Å². The van der Waals surface area contributed by atoms with Gasteiger partial charge < -0.3 is 9.30 Å². The summed E-state index contributed by atoms with van der Waals surface area (Å²) in [4.78, 5) is 9.33. The van der Waals surface area contributed by atoms with Gasteiger partial charge >= 0.3 is 0 Å². The zero-order valence-corrected chi connectivity index (χ0v) is 19.1. The second kappa shape index (κ2) is 8.30. The Balaban J connectivity index is 1.71. The number of hydrogen-bond acceptors (Lipinski definition) is 7. The minimum absolute atomic E-state index is 0.102. The van der Waals surface area contributed by atoms with E-state index in [-0.39, 0.29) is 11.5 Å². The number of ether oxygens (including phenoxy) is 1. The third-order valence-corrected chi connectivity index (χ3v) is 6.98. The largest absolute Gasteiger partial charge is 0.486 e. The smallest absolute Gasteiger partial charge is 0.175 e. The molecule has 2 aromatic carbocycles. The number of thiazole rings is 1. The third kappa shape index (κ3) is 4.56. The van der Waals surface area contributed by atoms with Crippen LogP contribution in [0.4, 0.5) is 0 Å². The number of fused-ring (bicyclic) bond motifs is 1. The molecule has 31 heavy (non-hydrogen) atoms. The lowest BCUT2D eigenvalue weighted by Gasteiger charge is -2.10. The molecular formula is C21H17ClN4O3S2. The Kier molecular flexibility index (Phi) is 5.71. The number of hydrogen-bond donors (Lipinski definition) is 0. The maximum atomic E-state index is 11.8. The summed E-state index contributed by atoms with van der Waals surface area (Å²) in [6.45, 7) is 2.36. The van der Waals surface area contributed by atoms with Crippen molar-refractivity contribution in [3.8, 4) is 11.8 Å². The number of aryl methyl sites for hydroxylation is 1. The number of aromatic nitrogens is 3. The number of nitriles is 1. The number of benzene rings is 2. The predicted octanol–water partition coefficient (Wildman–Crippen LogP) is 4.36. The first-order valence-electron chi connectivity index (χ1n) is 9.18. The van der Waals surface area contributed by atoms with Crippen LogP contribution in [0.2, 0.25) is 4.34 Å². The van der Waals surface area contributed by atoms with Gasteiger partial charge in [0.15, 0.2) is 9.84 Å². The van der Waals surface area contributed by atoms with Crippen molar-refractivity contribution in [3.05, 3.63) is 68.9 Å². The van der Waals surface area contributed by atoms with Crippen LogP contribution in [-0.4, -0.2) is 29.2 Å². The molecule has 0 saturated carbocycles. The molecule has 0 saturated heterocycles. The molecule has 2 heterocycles. The molecule has 7 nitrogen and oxygen atoms in total. The summed E-state index contributed by atoms with van der Waals surface area (Å²) in [6.07, 6.45) is 1.15. The quantitative estimate of drug-likeness (QED) is 0.413. The van der Waals surface area contributed by atoms with Crippen LogP contribution in [0.25, 0.3) is 11.0 Å². The van der Waals surface area contributed by atoms with Crippen LogP contribution in [0.15, 0.2) is 47.4 Å². The molecule has 0 radical (unpaired) electrons. The Morgan fingerprint density at radius 2 is 2.03 bits per heavy atom. The normalized spacial score (nSPS) is 11.5. The first kappa shape index (κ1) is 21.3.